The molecule has 1 amide bonds. The van der Waals surface area contributed by atoms with Crippen LogP contribution in [-0.4, -0.2) is 16.8 Å². The maximum atomic E-state index is 11.9. The van der Waals surface area contributed by atoms with Crippen LogP contribution in [0.5, 0.6) is 0 Å². The molecule has 0 bridgehead atoms. The normalized spacial score (nSPS) is 23.3. The van der Waals surface area contributed by atoms with Crippen LogP contribution in [0.4, 0.5) is 5.69 Å². The van der Waals surface area contributed by atoms with Crippen LogP contribution in [0.15, 0.2) is 18.2 Å². The van der Waals surface area contributed by atoms with Gasteiger partial charge in [-0.15, -0.1) is 0 Å². The van der Waals surface area contributed by atoms with Crippen molar-refractivity contribution in [2.24, 2.45) is 0 Å². The van der Waals surface area contributed by atoms with E-state index in [2.05, 4.69) is 5.32 Å². The summed E-state index contributed by atoms with van der Waals surface area (Å²) in [7, 11) is 0. The Balaban J connectivity index is 2.49. The van der Waals surface area contributed by atoms with E-state index >= 15 is 0 Å². The Morgan fingerprint density at radius 2 is 2.24 bits per heavy atom. The molecule has 0 saturated heterocycles. The highest BCUT2D eigenvalue weighted by Crippen LogP contribution is 2.33. The van der Waals surface area contributed by atoms with E-state index in [-0.39, 0.29) is 5.91 Å². The Bertz CT molecular complexity index is 464. The first-order valence-electron chi connectivity index (χ1n) is 5.59. The molecule has 1 aliphatic rings. The number of amides is 1. The van der Waals surface area contributed by atoms with Crippen LogP contribution in [0, 0.1) is 0 Å². The monoisotopic (exact) mass is 254 g/mol. The third kappa shape index (κ3) is 1.98. The van der Waals surface area contributed by atoms with E-state index in [0.717, 1.165) is 11.5 Å². The first-order valence-corrected chi connectivity index (χ1v) is 5.97. The minimum absolute atomic E-state index is 0.182. The quantitative estimate of drug-likeness (QED) is 0.853. The number of hydroxylamine groups is 1. The van der Waals surface area contributed by atoms with E-state index in [1.165, 1.54) is 0 Å². The number of halogens is 1. The molecule has 1 aliphatic heterocycles. The number of benzene rings is 1. The average Bonchev–Trinajstić information content (AvgIpc) is 2.26. The van der Waals surface area contributed by atoms with Crippen LogP contribution in [0.3, 0.4) is 0 Å². The molecule has 2 rings (SSSR count). The predicted molar refractivity (Wildman–Crippen MR) is 66.5 cm³/mol. The molecule has 2 N–H and O–H groups in total. The molecular weight excluding hydrogens is 240 g/mol. The number of fused-ring (bicyclic) bond motifs is 1. The van der Waals surface area contributed by atoms with E-state index in [9.17, 15) is 10.0 Å². The lowest BCUT2D eigenvalue weighted by Gasteiger charge is -2.43. The van der Waals surface area contributed by atoms with Gasteiger partial charge in [0.1, 0.15) is 5.66 Å². The third-order valence-corrected chi connectivity index (χ3v) is 3.25. The summed E-state index contributed by atoms with van der Waals surface area (Å²) in [5.41, 5.74) is 0.117. The van der Waals surface area contributed by atoms with Gasteiger partial charge in [0, 0.05) is 5.02 Å². The smallest absolute Gasteiger partial charge is 0.255 e. The molecule has 1 aromatic carbocycles. The van der Waals surface area contributed by atoms with Crippen molar-refractivity contribution in [2.75, 3.05) is 5.06 Å². The summed E-state index contributed by atoms with van der Waals surface area (Å²) < 4.78 is 0. The summed E-state index contributed by atoms with van der Waals surface area (Å²) in [5.74, 6) is -0.182. The fraction of sp³-hybridized carbons (Fsp3) is 0.417. The van der Waals surface area contributed by atoms with Crippen molar-refractivity contribution in [3.8, 4) is 0 Å². The second kappa shape index (κ2) is 4.20. The van der Waals surface area contributed by atoms with Gasteiger partial charge in [-0.25, -0.2) is 5.06 Å². The molecule has 0 radical (unpaired) electrons. The topological polar surface area (TPSA) is 52.6 Å². The van der Waals surface area contributed by atoms with E-state index in [1.807, 2.05) is 6.92 Å². The second-order valence-corrected chi connectivity index (χ2v) is 4.89. The highest BCUT2D eigenvalue weighted by atomic mass is 35.5. The maximum Gasteiger partial charge on any atom is 0.255 e. The van der Waals surface area contributed by atoms with Gasteiger partial charge in [0.2, 0.25) is 0 Å². The molecular formula is C12H15ClN2O2. The van der Waals surface area contributed by atoms with Crippen LogP contribution in [0.25, 0.3) is 0 Å². The van der Waals surface area contributed by atoms with Gasteiger partial charge >= 0.3 is 0 Å². The third-order valence-electron chi connectivity index (χ3n) is 3.02. The van der Waals surface area contributed by atoms with Crippen molar-refractivity contribution >= 4 is 23.2 Å². The van der Waals surface area contributed by atoms with Crippen LogP contribution in [0.1, 0.15) is 37.0 Å². The first-order chi connectivity index (χ1) is 7.98. The number of hydrogen-bond acceptors (Lipinski definition) is 3. The zero-order valence-corrected chi connectivity index (χ0v) is 10.6. The number of nitrogens with zero attached hydrogens (tertiary/aromatic N) is 1. The Morgan fingerprint density at radius 3 is 2.88 bits per heavy atom. The minimum atomic E-state index is -0.774. The van der Waals surface area contributed by atoms with E-state index < -0.39 is 5.66 Å². The molecule has 92 valence electrons. The lowest BCUT2D eigenvalue weighted by atomic mass is 9.99. The van der Waals surface area contributed by atoms with Gasteiger partial charge < -0.3 is 5.32 Å². The SMILES string of the molecule is CCCC1(C)NC(=O)c2ccc(Cl)cc2N1O. The number of rotatable bonds is 2. The van der Waals surface area contributed by atoms with Crippen LogP contribution < -0.4 is 10.4 Å². The van der Waals surface area contributed by atoms with Gasteiger partial charge in [0.15, 0.2) is 0 Å². The summed E-state index contributed by atoms with van der Waals surface area (Å²) >= 11 is 5.89. The van der Waals surface area contributed by atoms with Gasteiger partial charge in [-0.1, -0.05) is 24.9 Å². The number of carbonyl (C=O) groups excluding carboxylic acids is 1. The Hall–Kier alpha value is -1.26. The van der Waals surface area contributed by atoms with E-state index in [4.69, 9.17) is 11.6 Å². The number of hydrogen-bond donors (Lipinski definition) is 2. The van der Waals surface area contributed by atoms with Crippen molar-refractivity contribution in [2.45, 2.75) is 32.4 Å². The van der Waals surface area contributed by atoms with Crippen molar-refractivity contribution in [3.63, 3.8) is 0 Å². The molecule has 4 nitrogen and oxygen atoms in total. The molecule has 0 spiro atoms. The van der Waals surface area contributed by atoms with Crippen molar-refractivity contribution in [1.29, 1.82) is 0 Å². The molecule has 1 heterocycles. The lowest BCUT2D eigenvalue weighted by Crippen LogP contribution is -2.61. The summed E-state index contributed by atoms with van der Waals surface area (Å²) in [6, 6.07) is 4.85. The zero-order valence-electron chi connectivity index (χ0n) is 9.83. The molecule has 5 heteroatoms. The Kier molecular flexibility index (Phi) is 3.02. The van der Waals surface area contributed by atoms with Crippen LogP contribution >= 0.6 is 11.6 Å². The summed E-state index contributed by atoms with van der Waals surface area (Å²) in [4.78, 5) is 11.9. The molecule has 17 heavy (non-hydrogen) atoms. The van der Waals surface area contributed by atoms with Crippen molar-refractivity contribution in [1.82, 2.24) is 5.32 Å². The summed E-state index contributed by atoms with van der Waals surface area (Å²) in [6.07, 6.45) is 1.50. The largest absolute Gasteiger partial charge is 0.327 e. The average molecular weight is 255 g/mol. The lowest BCUT2D eigenvalue weighted by molar-refractivity contribution is 0.0727. The van der Waals surface area contributed by atoms with E-state index in [1.54, 1.807) is 25.1 Å². The van der Waals surface area contributed by atoms with Gasteiger partial charge in [-0.2, -0.15) is 0 Å². The molecule has 1 aromatic rings. The predicted octanol–water partition coefficient (Wildman–Crippen LogP) is 2.80. The zero-order chi connectivity index (χ0) is 12.6. The minimum Gasteiger partial charge on any atom is -0.327 e. The van der Waals surface area contributed by atoms with Crippen molar-refractivity contribution in [3.05, 3.63) is 28.8 Å². The van der Waals surface area contributed by atoms with Crippen LogP contribution in [0.2, 0.25) is 5.02 Å². The Labute approximate surface area is 105 Å². The highest BCUT2D eigenvalue weighted by Gasteiger charge is 2.39. The van der Waals surface area contributed by atoms with E-state index in [0.29, 0.717) is 22.7 Å². The summed E-state index contributed by atoms with van der Waals surface area (Å²) in [6.45, 7) is 3.79. The van der Waals surface area contributed by atoms with Gasteiger partial charge in [-0.3, -0.25) is 10.0 Å². The second-order valence-electron chi connectivity index (χ2n) is 4.45. The first kappa shape index (κ1) is 12.2. The van der Waals surface area contributed by atoms with Crippen LogP contribution in [-0.2, 0) is 0 Å². The van der Waals surface area contributed by atoms with Gasteiger partial charge in [0.05, 0.1) is 11.3 Å². The highest BCUT2D eigenvalue weighted by molar-refractivity contribution is 6.31. The molecule has 1 atom stereocenters. The van der Waals surface area contributed by atoms with Gasteiger partial charge in [0.25, 0.3) is 5.91 Å². The number of carbonyl (C=O) groups is 1. The number of anilines is 1. The standard InChI is InChI=1S/C12H15ClN2O2/c1-3-6-12(2)14-11(16)9-5-4-8(13)7-10(9)15(12)17/h4-5,7,17H,3,6H2,1-2H3,(H,14,16). The molecule has 0 aromatic heterocycles. The van der Waals surface area contributed by atoms with Gasteiger partial charge in [-0.05, 0) is 31.5 Å². The summed E-state index contributed by atoms with van der Waals surface area (Å²) in [5, 5.41) is 14.6. The molecule has 0 aliphatic carbocycles. The molecule has 1 unspecified atom stereocenters. The van der Waals surface area contributed by atoms with Crippen molar-refractivity contribution < 1.29 is 10.0 Å². The molecule has 0 saturated carbocycles. The fourth-order valence-corrected chi connectivity index (χ4v) is 2.32. The fourth-order valence-electron chi connectivity index (χ4n) is 2.16. The number of nitrogens with one attached hydrogen (secondary N) is 1. The Morgan fingerprint density at radius 1 is 1.53 bits per heavy atom. The molecule has 0 fully saturated rings. The maximum absolute atomic E-state index is 11.9.